The fourth-order valence-electron chi connectivity index (χ4n) is 1.80. The van der Waals surface area contributed by atoms with Crippen LogP contribution < -0.4 is 4.90 Å². The monoisotopic (exact) mass is 289 g/mol. The van der Waals surface area contributed by atoms with Crippen LogP contribution in [-0.2, 0) is 0 Å². The van der Waals surface area contributed by atoms with Gasteiger partial charge in [-0.25, -0.2) is 9.97 Å². The molecule has 0 spiro atoms. The predicted molar refractivity (Wildman–Crippen MR) is 65.4 cm³/mol. The number of nitrogens with zero attached hydrogens (tertiary/aromatic N) is 3. The van der Waals surface area contributed by atoms with Gasteiger partial charge >= 0.3 is 0 Å². The van der Waals surface area contributed by atoms with Crippen LogP contribution >= 0.6 is 27.5 Å². The van der Waals surface area contributed by atoms with E-state index in [9.17, 15) is 0 Å². The van der Waals surface area contributed by atoms with E-state index in [1.165, 1.54) is 0 Å². The highest BCUT2D eigenvalue weighted by molar-refractivity contribution is 9.10. The van der Waals surface area contributed by atoms with E-state index in [0.29, 0.717) is 6.04 Å². The van der Waals surface area contributed by atoms with Crippen LogP contribution in [0.15, 0.2) is 16.9 Å². The van der Waals surface area contributed by atoms with E-state index < -0.39 is 0 Å². The van der Waals surface area contributed by atoms with E-state index in [-0.39, 0.29) is 5.38 Å². The Morgan fingerprint density at radius 3 is 2.73 bits per heavy atom. The molecule has 0 amide bonds. The van der Waals surface area contributed by atoms with Gasteiger partial charge in [0, 0.05) is 25.0 Å². The number of rotatable bonds is 1. The van der Waals surface area contributed by atoms with Gasteiger partial charge in [-0.2, -0.15) is 0 Å². The van der Waals surface area contributed by atoms with Crippen molar-refractivity contribution in [2.75, 3.05) is 11.4 Å². The first-order valence-electron chi connectivity index (χ1n) is 5.05. The van der Waals surface area contributed by atoms with E-state index in [1.807, 2.05) is 0 Å². The van der Waals surface area contributed by atoms with Crippen LogP contribution in [0.5, 0.6) is 0 Å². The number of hydrogen-bond acceptors (Lipinski definition) is 3. The molecule has 1 saturated heterocycles. The maximum Gasteiger partial charge on any atom is 0.225 e. The van der Waals surface area contributed by atoms with Gasteiger partial charge in [0.2, 0.25) is 5.95 Å². The Kier molecular flexibility index (Phi) is 3.46. The van der Waals surface area contributed by atoms with Gasteiger partial charge in [-0.15, -0.1) is 11.6 Å². The molecule has 1 aliphatic rings. The van der Waals surface area contributed by atoms with Crippen molar-refractivity contribution in [2.24, 2.45) is 0 Å². The lowest BCUT2D eigenvalue weighted by Gasteiger charge is -2.35. The first-order valence-corrected chi connectivity index (χ1v) is 6.28. The van der Waals surface area contributed by atoms with Crippen LogP contribution in [0.25, 0.3) is 0 Å². The van der Waals surface area contributed by atoms with Gasteiger partial charge in [0.25, 0.3) is 0 Å². The zero-order chi connectivity index (χ0) is 10.8. The summed E-state index contributed by atoms with van der Waals surface area (Å²) in [6.45, 7) is 3.03. The van der Waals surface area contributed by atoms with Crippen LogP contribution in [-0.4, -0.2) is 27.9 Å². The van der Waals surface area contributed by atoms with Crippen molar-refractivity contribution in [3.63, 3.8) is 0 Å². The summed E-state index contributed by atoms with van der Waals surface area (Å²) in [5, 5.41) is 0.216. The quantitative estimate of drug-likeness (QED) is 0.745. The van der Waals surface area contributed by atoms with Crippen LogP contribution in [0.4, 0.5) is 5.95 Å². The van der Waals surface area contributed by atoms with Gasteiger partial charge in [0.05, 0.1) is 9.85 Å². The molecule has 0 N–H and O–H groups in total. The third-order valence-corrected chi connectivity index (χ3v) is 3.45. The molecule has 1 fully saturated rings. The molecule has 1 aromatic rings. The second kappa shape index (κ2) is 4.66. The highest BCUT2D eigenvalue weighted by Gasteiger charge is 2.25. The minimum atomic E-state index is 0.216. The van der Waals surface area contributed by atoms with E-state index >= 15 is 0 Å². The van der Waals surface area contributed by atoms with Crippen molar-refractivity contribution in [3.05, 3.63) is 16.9 Å². The molecule has 2 atom stereocenters. The lowest BCUT2D eigenvalue weighted by atomic mass is 10.0. The van der Waals surface area contributed by atoms with E-state index in [1.54, 1.807) is 12.4 Å². The molecule has 3 nitrogen and oxygen atoms in total. The first kappa shape index (κ1) is 11.1. The number of aromatic nitrogens is 2. The predicted octanol–water partition coefficient (Wildman–Crippen LogP) is 2.84. The zero-order valence-electron chi connectivity index (χ0n) is 8.53. The van der Waals surface area contributed by atoms with Gasteiger partial charge in [-0.1, -0.05) is 0 Å². The van der Waals surface area contributed by atoms with E-state index in [2.05, 4.69) is 37.7 Å². The number of halogens is 2. The zero-order valence-corrected chi connectivity index (χ0v) is 10.9. The van der Waals surface area contributed by atoms with E-state index in [0.717, 1.165) is 29.8 Å². The van der Waals surface area contributed by atoms with Gasteiger partial charge in [-0.3, -0.25) is 0 Å². The Morgan fingerprint density at radius 2 is 2.07 bits per heavy atom. The van der Waals surface area contributed by atoms with Gasteiger partial charge in [0.1, 0.15) is 0 Å². The standard InChI is InChI=1S/C10H13BrClN3/c1-7-2-3-9(12)6-15(7)10-13-4-8(11)5-14-10/h4-5,7,9H,2-3,6H2,1H3. The topological polar surface area (TPSA) is 29.0 Å². The van der Waals surface area contributed by atoms with Gasteiger partial charge in [-0.05, 0) is 35.7 Å². The van der Waals surface area contributed by atoms with Crippen LogP contribution in [0.2, 0.25) is 0 Å². The lowest BCUT2D eigenvalue weighted by molar-refractivity contribution is 0.482. The molecular weight excluding hydrogens is 277 g/mol. The largest absolute Gasteiger partial charge is 0.337 e. The summed E-state index contributed by atoms with van der Waals surface area (Å²) >= 11 is 9.48. The maximum absolute atomic E-state index is 6.15. The Morgan fingerprint density at radius 1 is 1.40 bits per heavy atom. The van der Waals surface area contributed by atoms with Crippen molar-refractivity contribution in [2.45, 2.75) is 31.2 Å². The van der Waals surface area contributed by atoms with Gasteiger partial charge < -0.3 is 4.90 Å². The normalized spacial score (nSPS) is 26.7. The molecule has 2 rings (SSSR count). The summed E-state index contributed by atoms with van der Waals surface area (Å²) in [6, 6.07) is 0.473. The summed E-state index contributed by atoms with van der Waals surface area (Å²) in [6.07, 6.45) is 5.73. The SMILES string of the molecule is CC1CCC(Cl)CN1c1ncc(Br)cn1. The van der Waals surface area contributed by atoms with Crippen LogP contribution in [0, 0.1) is 0 Å². The third kappa shape index (κ3) is 2.61. The summed E-state index contributed by atoms with van der Waals surface area (Å²) in [4.78, 5) is 10.8. The molecule has 0 saturated carbocycles. The molecule has 0 bridgehead atoms. The summed E-state index contributed by atoms with van der Waals surface area (Å²) in [5.41, 5.74) is 0. The average molecular weight is 291 g/mol. The van der Waals surface area contributed by atoms with Crippen molar-refractivity contribution in [1.82, 2.24) is 9.97 Å². The molecule has 2 unspecified atom stereocenters. The maximum atomic E-state index is 6.15. The Balaban J connectivity index is 2.17. The van der Waals surface area contributed by atoms with Crippen molar-refractivity contribution in [1.29, 1.82) is 0 Å². The first-order chi connectivity index (χ1) is 7.16. The van der Waals surface area contributed by atoms with Crippen LogP contribution in [0.1, 0.15) is 19.8 Å². The van der Waals surface area contributed by atoms with Gasteiger partial charge in [0.15, 0.2) is 0 Å². The Bertz CT molecular complexity index is 330. The lowest BCUT2D eigenvalue weighted by Crippen LogP contribution is -2.43. The number of alkyl halides is 1. The molecule has 0 aliphatic carbocycles. The highest BCUT2D eigenvalue weighted by Crippen LogP contribution is 2.24. The number of anilines is 1. The minimum absolute atomic E-state index is 0.216. The van der Waals surface area contributed by atoms with Crippen molar-refractivity contribution in [3.8, 4) is 0 Å². The number of piperidine rings is 1. The Labute approximate surface area is 103 Å². The van der Waals surface area contributed by atoms with E-state index in [4.69, 9.17) is 11.6 Å². The molecule has 1 aliphatic heterocycles. The molecule has 2 heterocycles. The summed E-state index contributed by atoms with van der Waals surface area (Å²) < 4.78 is 0.901. The minimum Gasteiger partial charge on any atom is -0.337 e. The molecular formula is C10H13BrClN3. The fraction of sp³-hybridized carbons (Fsp3) is 0.600. The van der Waals surface area contributed by atoms with Crippen LogP contribution in [0.3, 0.4) is 0 Å². The average Bonchev–Trinajstić information content (AvgIpc) is 2.23. The fourth-order valence-corrected chi connectivity index (χ4v) is 2.27. The smallest absolute Gasteiger partial charge is 0.225 e. The molecule has 82 valence electrons. The molecule has 5 heteroatoms. The second-order valence-electron chi connectivity index (χ2n) is 3.88. The molecule has 15 heavy (non-hydrogen) atoms. The third-order valence-electron chi connectivity index (χ3n) is 2.69. The van der Waals surface area contributed by atoms with Crippen molar-refractivity contribution < 1.29 is 0 Å². The van der Waals surface area contributed by atoms with Crippen molar-refractivity contribution >= 4 is 33.5 Å². The number of hydrogen-bond donors (Lipinski definition) is 0. The summed E-state index contributed by atoms with van der Waals surface area (Å²) in [7, 11) is 0. The molecule has 1 aromatic heterocycles. The summed E-state index contributed by atoms with van der Waals surface area (Å²) in [5.74, 6) is 0.774. The highest BCUT2D eigenvalue weighted by atomic mass is 79.9. The molecule has 0 radical (unpaired) electrons. The second-order valence-corrected chi connectivity index (χ2v) is 5.41. The Hall–Kier alpha value is -0.350. The molecule has 0 aromatic carbocycles.